The number of anilines is 1. The van der Waals surface area contributed by atoms with E-state index in [9.17, 15) is 41.8 Å². The summed E-state index contributed by atoms with van der Waals surface area (Å²) in [6.07, 6.45) is -4.87. The first-order chi connectivity index (χ1) is 19.6. The highest BCUT2D eigenvalue weighted by Gasteiger charge is 2.54. The molecule has 2 heterocycles. The fraction of sp³-hybridized carbons (Fsp3) is 0.429. The topological polar surface area (TPSA) is 119 Å². The fourth-order valence-electron chi connectivity index (χ4n) is 5.54. The van der Waals surface area contributed by atoms with Crippen LogP contribution in [0.15, 0.2) is 36.4 Å². The highest BCUT2D eigenvalue weighted by Crippen LogP contribution is 2.40. The van der Waals surface area contributed by atoms with Crippen molar-refractivity contribution in [2.24, 2.45) is 5.92 Å². The van der Waals surface area contributed by atoms with E-state index in [1.807, 2.05) is 4.90 Å². The van der Waals surface area contributed by atoms with Gasteiger partial charge < -0.3 is 25.5 Å². The molecule has 1 spiro atoms. The van der Waals surface area contributed by atoms with E-state index < -0.39 is 64.6 Å². The summed E-state index contributed by atoms with van der Waals surface area (Å²) in [5.41, 5.74) is -2.67. The van der Waals surface area contributed by atoms with Gasteiger partial charge in [-0.15, -0.1) is 0 Å². The highest BCUT2D eigenvalue weighted by atomic mass is 35.5. The van der Waals surface area contributed by atoms with Crippen molar-refractivity contribution in [2.45, 2.75) is 57.5 Å². The van der Waals surface area contributed by atoms with Gasteiger partial charge in [-0.05, 0) is 62.1 Å². The van der Waals surface area contributed by atoms with Gasteiger partial charge in [0.05, 0.1) is 27.9 Å². The number of halogens is 5. The number of carboxylic acid groups (broad SMARTS) is 1. The van der Waals surface area contributed by atoms with E-state index >= 15 is 0 Å². The van der Waals surface area contributed by atoms with E-state index in [1.54, 1.807) is 26.8 Å². The number of benzene rings is 2. The number of hydrogen-bond donors (Lipinski definition) is 3. The monoisotopic (exact) mass is 612 g/mol. The lowest BCUT2D eigenvalue weighted by Crippen LogP contribution is -2.60. The maximum atomic E-state index is 14.3. The number of piperidine rings is 1. The molecule has 9 nitrogen and oxygen atoms in total. The first-order valence-electron chi connectivity index (χ1n) is 13.2. The van der Waals surface area contributed by atoms with Gasteiger partial charge in [0, 0.05) is 18.8 Å². The van der Waals surface area contributed by atoms with E-state index in [2.05, 4.69) is 10.6 Å². The van der Waals surface area contributed by atoms with Crippen LogP contribution >= 0.6 is 11.6 Å². The molecule has 2 atom stereocenters. The van der Waals surface area contributed by atoms with E-state index in [4.69, 9.17) is 11.6 Å². The first-order valence-corrected chi connectivity index (χ1v) is 13.5. The summed E-state index contributed by atoms with van der Waals surface area (Å²) in [4.78, 5) is 54.2. The van der Waals surface area contributed by atoms with Crippen molar-refractivity contribution >= 4 is 41.0 Å². The smallest absolute Gasteiger partial charge is 0.416 e. The summed E-state index contributed by atoms with van der Waals surface area (Å²) >= 11 is 6.19. The van der Waals surface area contributed by atoms with Gasteiger partial charge in [0.1, 0.15) is 17.4 Å². The standard InChI is InChI=1S/C28H29ClF4N4O5/c1-14(2)22(35-23(38)19-12-16(28(31,32)33)4-7-21(19)30)24(39)36-10-8-27(9-11-36)26(42)34-15(3)37(27)17-5-6-18(25(40)41)20(29)13-17/h4-7,12-15,22H,8-11H2,1-3H3,(H,34,42)(H,35,38)(H,40,41)/t15-,22?/m1/s1. The molecule has 0 saturated carbocycles. The van der Waals surface area contributed by atoms with Crippen LogP contribution in [0.3, 0.4) is 0 Å². The number of amides is 3. The number of nitrogens with zero attached hydrogens (tertiary/aromatic N) is 2. The molecule has 2 aliphatic heterocycles. The molecule has 2 fully saturated rings. The quantitative estimate of drug-likeness (QED) is 0.419. The molecule has 42 heavy (non-hydrogen) atoms. The summed E-state index contributed by atoms with van der Waals surface area (Å²) in [5.74, 6) is -4.79. The van der Waals surface area contributed by atoms with Crippen molar-refractivity contribution in [3.05, 3.63) is 63.9 Å². The lowest BCUT2D eigenvalue weighted by atomic mass is 9.85. The molecule has 1 unspecified atom stereocenters. The van der Waals surface area contributed by atoms with Crippen LogP contribution in [0, 0.1) is 11.7 Å². The van der Waals surface area contributed by atoms with Gasteiger partial charge in [-0.3, -0.25) is 14.4 Å². The molecular formula is C28H29ClF4N4O5. The number of rotatable bonds is 6. The number of nitrogens with one attached hydrogen (secondary N) is 2. The molecule has 2 aliphatic rings. The number of alkyl halides is 3. The van der Waals surface area contributed by atoms with Crippen molar-refractivity contribution < 1.29 is 41.8 Å². The van der Waals surface area contributed by atoms with E-state index in [0.717, 1.165) is 0 Å². The largest absolute Gasteiger partial charge is 0.478 e. The predicted octanol–water partition coefficient (Wildman–Crippen LogP) is 4.29. The average Bonchev–Trinajstić information content (AvgIpc) is 3.14. The Morgan fingerprint density at radius 1 is 1.10 bits per heavy atom. The second-order valence-corrected chi connectivity index (χ2v) is 11.1. The third-order valence-corrected chi connectivity index (χ3v) is 8.04. The third kappa shape index (κ3) is 5.74. The van der Waals surface area contributed by atoms with Gasteiger partial charge in [-0.2, -0.15) is 13.2 Å². The molecule has 2 aromatic carbocycles. The molecule has 3 N–H and O–H groups in total. The molecule has 0 aliphatic carbocycles. The van der Waals surface area contributed by atoms with Gasteiger partial charge in [0.2, 0.25) is 11.8 Å². The first kappa shape index (κ1) is 31.1. The van der Waals surface area contributed by atoms with E-state index in [0.29, 0.717) is 23.9 Å². The van der Waals surface area contributed by atoms with Crippen molar-refractivity contribution in [3.63, 3.8) is 0 Å². The SMILES string of the molecule is CC(C)C(NC(=O)c1cc(C(F)(F)F)ccc1F)C(=O)N1CCC2(CC1)C(=O)N[C@@H](C)N2c1ccc(C(=O)O)c(Cl)c1. The molecule has 2 saturated heterocycles. The Kier molecular flexibility index (Phi) is 8.45. The third-order valence-electron chi connectivity index (χ3n) is 7.73. The average molecular weight is 613 g/mol. The maximum absolute atomic E-state index is 14.3. The van der Waals surface area contributed by atoms with Crippen LogP contribution in [0.4, 0.5) is 23.2 Å². The number of hydrogen-bond acceptors (Lipinski definition) is 5. The minimum atomic E-state index is -4.79. The van der Waals surface area contributed by atoms with E-state index in [-0.39, 0.29) is 42.4 Å². The van der Waals surface area contributed by atoms with Crippen LogP contribution in [-0.4, -0.2) is 64.5 Å². The van der Waals surface area contributed by atoms with Crippen LogP contribution < -0.4 is 15.5 Å². The van der Waals surface area contributed by atoms with Crippen LogP contribution in [0.2, 0.25) is 5.02 Å². The van der Waals surface area contributed by atoms with Crippen molar-refractivity contribution in [1.29, 1.82) is 0 Å². The van der Waals surface area contributed by atoms with Gasteiger partial charge >= 0.3 is 12.1 Å². The Balaban J connectivity index is 1.52. The lowest BCUT2D eigenvalue weighted by Gasteiger charge is -2.45. The second-order valence-electron chi connectivity index (χ2n) is 10.7. The van der Waals surface area contributed by atoms with Crippen molar-refractivity contribution in [1.82, 2.24) is 15.5 Å². The molecule has 0 aromatic heterocycles. The Labute approximate surface area is 243 Å². The zero-order chi connectivity index (χ0) is 31.1. The predicted molar refractivity (Wildman–Crippen MR) is 145 cm³/mol. The molecule has 0 radical (unpaired) electrons. The molecule has 2 aromatic rings. The molecule has 3 amide bonds. The number of carbonyl (C=O) groups excluding carboxylic acids is 3. The normalized spacial score (nSPS) is 19.2. The summed E-state index contributed by atoms with van der Waals surface area (Å²) in [6.45, 7) is 5.24. The zero-order valence-electron chi connectivity index (χ0n) is 22.9. The summed E-state index contributed by atoms with van der Waals surface area (Å²) in [5, 5.41) is 14.6. The number of carboxylic acids is 1. The molecule has 4 rings (SSSR count). The second kappa shape index (κ2) is 11.4. The van der Waals surface area contributed by atoms with Crippen molar-refractivity contribution in [2.75, 3.05) is 18.0 Å². The molecule has 14 heteroatoms. The molecule has 0 bridgehead atoms. The molecular weight excluding hydrogens is 584 g/mol. The Morgan fingerprint density at radius 2 is 1.74 bits per heavy atom. The van der Waals surface area contributed by atoms with Gasteiger partial charge in [-0.25, -0.2) is 9.18 Å². The minimum absolute atomic E-state index is 0.00189. The maximum Gasteiger partial charge on any atom is 0.416 e. The Morgan fingerprint density at radius 3 is 2.29 bits per heavy atom. The summed E-state index contributed by atoms with van der Waals surface area (Å²) in [6, 6.07) is 4.69. The van der Waals surface area contributed by atoms with Gasteiger partial charge in [-0.1, -0.05) is 25.4 Å². The van der Waals surface area contributed by atoms with E-state index in [1.165, 1.54) is 17.0 Å². The Bertz CT molecular complexity index is 1430. The minimum Gasteiger partial charge on any atom is -0.478 e. The van der Waals surface area contributed by atoms with Gasteiger partial charge in [0.15, 0.2) is 0 Å². The number of aromatic carboxylic acids is 1. The van der Waals surface area contributed by atoms with Crippen LogP contribution in [0.5, 0.6) is 0 Å². The lowest BCUT2D eigenvalue weighted by molar-refractivity contribution is -0.138. The van der Waals surface area contributed by atoms with Crippen LogP contribution in [-0.2, 0) is 15.8 Å². The van der Waals surface area contributed by atoms with Crippen molar-refractivity contribution in [3.8, 4) is 0 Å². The van der Waals surface area contributed by atoms with Gasteiger partial charge in [0.25, 0.3) is 5.91 Å². The number of carbonyl (C=O) groups is 4. The Hall–Kier alpha value is -3.87. The zero-order valence-corrected chi connectivity index (χ0v) is 23.6. The van der Waals surface area contributed by atoms with Crippen LogP contribution in [0.1, 0.15) is 59.9 Å². The summed E-state index contributed by atoms with van der Waals surface area (Å²) < 4.78 is 53.7. The van der Waals surface area contributed by atoms with Crippen LogP contribution in [0.25, 0.3) is 0 Å². The highest BCUT2D eigenvalue weighted by molar-refractivity contribution is 6.33. The fourth-order valence-corrected chi connectivity index (χ4v) is 5.79. The summed E-state index contributed by atoms with van der Waals surface area (Å²) in [7, 11) is 0. The number of likely N-dealkylation sites (tertiary alicyclic amines) is 1. The molecule has 226 valence electrons.